The van der Waals surface area contributed by atoms with E-state index in [0.29, 0.717) is 6.42 Å². The van der Waals surface area contributed by atoms with Crippen LogP contribution in [-0.2, 0) is 4.79 Å². The van der Waals surface area contributed by atoms with Crippen LogP contribution in [0.15, 0.2) is 36.5 Å². The second kappa shape index (κ2) is 27.7. The lowest BCUT2D eigenvalue weighted by atomic mass is 10.0. The van der Waals surface area contributed by atoms with Gasteiger partial charge in [0.25, 0.3) is 0 Å². The van der Waals surface area contributed by atoms with E-state index in [0.717, 1.165) is 25.7 Å². The first-order valence-electron chi connectivity index (χ1n) is 13.9. The van der Waals surface area contributed by atoms with Gasteiger partial charge in [-0.05, 0) is 44.9 Å². The van der Waals surface area contributed by atoms with Crippen LogP contribution >= 0.6 is 0 Å². The predicted molar refractivity (Wildman–Crippen MR) is 142 cm³/mol. The number of hydrogen-bond acceptors (Lipinski definition) is 1. The normalized spacial score (nSPS) is 12.0. The number of carbonyl (C=O) groups is 1. The Hall–Kier alpha value is -1.31. The summed E-state index contributed by atoms with van der Waals surface area (Å²) in [6.07, 6.45) is 41.0. The molecule has 0 unspecified atom stereocenters. The molecule has 2 nitrogen and oxygen atoms in total. The fourth-order valence-electron chi connectivity index (χ4n) is 3.95. The maximum Gasteiger partial charge on any atom is 0.303 e. The molecule has 0 spiro atoms. The van der Waals surface area contributed by atoms with Crippen molar-refractivity contribution in [3.8, 4) is 0 Å². The zero-order valence-corrected chi connectivity index (χ0v) is 21.4. The van der Waals surface area contributed by atoms with Gasteiger partial charge in [0.1, 0.15) is 0 Å². The van der Waals surface area contributed by atoms with Crippen LogP contribution in [0, 0.1) is 0 Å². The number of hydrogen-bond donors (Lipinski definition) is 1. The smallest absolute Gasteiger partial charge is 0.303 e. The van der Waals surface area contributed by atoms with E-state index in [2.05, 4.69) is 43.4 Å². The van der Waals surface area contributed by atoms with Gasteiger partial charge in [-0.1, -0.05) is 133 Å². The molecule has 0 fully saturated rings. The van der Waals surface area contributed by atoms with Crippen LogP contribution in [0.5, 0.6) is 0 Å². The van der Waals surface area contributed by atoms with E-state index in [9.17, 15) is 4.79 Å². The molecule has 0 bridgehead atoms. The molecule has 0 aromatic carbocycles. The molecule has 0 aliphatic heterocycles. The molecule has 186 valence electrons. The SMILES string of the molecule is CCCCC/C=C\C/C=C\C/C=C\CCCCCCCCCCCCCCCCC(=O)O. The molecule has 0 aliphatic carbocycles. The summed E-state index contributed by atoms with van der Waals surface area (Å²) < 4.78 is 0. The lowest BCUT2D eigenvalue weighted by molar-refractivity contribution is -0.137. The fourth-order valence-corrected chi connectivity index (χ4v) is 3.95. The molecule has 0 radical (unpaired) electrons. The molecular weight excluding hydrogens is 392 g/mol. The first-order valence-corrected chi connectivity index (χ1v) is 13.9. The van der Waals surface area contributed by atoms with Crippen molar-refractivity contribution in [2.75, 3.05) is 0 Å². The average Bonchev–Trinajstić information content (AvgIpc) is 2.78. The van der Waals surface area contributed by atoms with Crippen molar-refractivity contribution in [2.24, 2.45) is 0 Å². The highest BCUT2D eigenvalue weighted by atomic mass is 16.4. The van der Waals surface area contributed by atoms with Crippen LogP contribution in [0.2, 0.25) is 0 Å². The van der Waals surface area contributed by atoms with Gasteiger partial charge in [-0.3, -0.25) is 4.79 Å². The van der Waals surface area contributed by atoms with Gasteiger partial charge in [-0.15, -0.1) is 0 Å². The van der Waals surface area contributed by atoms with Gasteiger partial charge in [-0.25, -0.2) is 0 Å². The number of allylic oxidation sites excluding steroid dienone is 6. The van der Waals surface area contributed by atoms with E-state index in [1.54, 1.807) is 0 Å². The van der Waals surface area contributed by atoms with E-state index in [1.807, 2.05) is 0 Å². The Morgan fingerprint density at radius 3 is 1.25 bits per heavy atom. The molecule has 2 heteroatoms. The minimum atomic E-state index is -0.655. The lowest BCUT2D eigenvalue weighted by Crippen LogP contribution is -1.93. The van der Waals surface area contributed by atoms with Crippen molar-refractivity contribution in [1.29, 1.82) is 0 Å². The quantitative estimate of drug-likeness (QED) is 0.112. The van der Waals surface area contributed by atoms with Crippen molar-refractivity contribution in [3.63, 3.8) is 0 Å². The predicted octanol–water partition coefficient (Wildman–Crippen LogP) is 10.3. The van der Waals surface area contributed by atoms with Gasteiger partial charge >= 0.3 is 5.97 Å². The minimum absolute atomic E-state index is 0.339. The summed E-state index contributed by atoms with van der Waals surface area (Å²) in [6, 6.07) is 0. The topological polar surface area (TPSA) is 37.3 Å². The molecule has 0 heterocycles. The Morgan fingerprint density at radius 2 is 0.844 bits per heavy atom. The van der Waals surface area contributed by atoms with Crippen molar-refractivity contribution in [2.45, 2.75) is 148 Å². The third-order valence-corrected chi connectivity index (χ3v) is 6.03. The van der Waals surface area contributed by atoms with Crippen LogP contribution in [0.25, 0.3) is 0 Å². The highest BCUT2D eigenvalue weighted by molar-refractivity contribution is 5.66. The van der Waals surface area contributed by atoms with Crippen molar-refractivity contribution < 1.29 is 9.90 Å². The van der Waals surface area contributed by atoms with Gasteiger partial charge in [0, 0.05) is 6.42 Å². The molecule has 0 aliphatic rings. The van der Waals surface area contributed by atoms with Crippen LogP contribution < -0.4 is 0 Å². The molecule has 0 rings (SSSR count). The molecule has 0 saturated carbocycles. The highest BCUT2D eigenvalue weighted by Crippen LogP contribution is 2.14. The first kappa shape index (κ1) is 30.7. The molecule has 0 saturated heterocycles. The number of carboxylic acids is 1. The van der Waals surface area contributed by atoms with Gasteiger partial charge in [0.15, 0.2) is 0 Å². The summed E-state index contributed by atoms with van der Waals surface area (Å²) in [7, 11) is 0. The summed E-state index contributed by atoms with van der Waals surface area (Å²) in [5, 5.41) is 8.60. The summed E-state index contributed by atoms with van der Waals surface area (Å²) in [5.74, 6) is -0.655. The van der Waals surface area contributed by atoms with Crippen molar-refractivity contribution in [3.05, 3.63) is 36.5 Å². The summed E-state index contributed by atoms with van der Waals surface area (Å²) in [6.45, 7) is 2.25. The van der Waals surface area contributed by atoms with Crippen LogP contribution in [0.1, 0.15) is 148 Å². The number of unbranched alkanes of at least 4 members (excludes halogenated alkanes) is 17. The summed E-state index contributed by atoms with van der Waals surface area (Å²) in [4.78, 5) is 10.4. The zero-order valence-electron chi connectivity index (χ0n) is 21.4. The van der Waals surface area contributed by atoms with E-state index in [1.165, 1.54) is 109 Å². The van der Waals surface area contributed by atoms with E-state index >= 15 is 0 Å². The molecule has 1 N–H and O–H groups in total. The largest absolute Gasteiger partial charge is 0.481 e. The highest BCUT2D eigenvalue weighted by Gasteiger charge is 1.97. The average molecular weight is 447 g/mol. The third-order valence-electron chi connectivity index (χ3n) is 6.03. The number of carboxylic acid groups (broad SMARTS) is 1. The van der Waals surface area contributed by atoms with Crippen molar-refractivity contribution >= 4 is 5.97 Å². The zero-order chi connectivity index (χ0) is 23.4. The van der Waals surface area contributed by atoms with Crippen LogP contribution in [0.3, 0.4) is 0 Å². The maximum absolute atomic E-state index is 10.4. The second-order valence-corrected chi connectivity index (χ2v) is 9.26. The Bertz CT molecular complexity index is 461. The fraction of sp³-hybridized carbons (Fsp3) is 0.767. The molecule has 0 amide bonds. The van der Waals surface area contributed by atoms with Crippen LogP contribution in [-0.4, -0.2) is 11.1 Å². The summed E-state index contributed by atoms with van der Waals surface area (Å²) >= 11 is 0. The van der Waals surface area contributed by atoms with Crippen LogP contribution in [0.4, 0.5) is 0 Å². The van der Waals surface area contributed by atoms with Gasteiger partial charge in [0.2, 0.25) is 0 Å². The Labute approximate surface area is 200 Å². The van der Waals surface area contributed by atoms with E-state index in [4.69, 9.17) is 5.11 Å². The lowest BCUT2D eigenvalue weighted by Gasteiger charge is -2.03. The Morgan fingerprint density at radius 1 is 0.500 bits per heavy atom. The molecule has 0 atom stereocenters. The molecule has 0 aromatic heterocycles. The third kappa shape index (κ3) is 28.7. The maximum atomic E-state index is 10.4. The van der Waals surface area contributed by atoms with E-state index < -0.39 is 5.97 Å². The van der Waals surface area contributed by atoms with E-state index in [-0.39, 0.29) is 0 Å². The number of rotatable bonds is 25. The molecule has 32 heavy (non-hydrogen) atoms. The van der Waals surface area contributed by atoms with Crippen molar-refractivity contribution in [1.82, 2.24) is 0 Å². The first-order chi connectivity index (χ1) is 15.8. The molecule has 0 aromatic rings. The van der Waals surface area contributed by atoms with Gasteiger partial charge in [0.05, 0.1) is 0 Å². The van der Waals surface area contributed by atoms with Gasteiger partial charge in [-0.2, -0.15) is 0 Å². The number of aliphatic carboxylic acids is 1. The Balaban J connectivity index is 3.18. The second-order valence-electron chi connectivity index (χ2n) is 9.26. The summed E-state index contributed by atoms with van der Waals surface area (Å²) in [5.41, 5.74) is 0. The Kier molecular flexibility index (Phi) is 26.6. The van der Waals surface area contributed by atoms with Gasteiger partial charge < -0.3 is 5.11 Å². The molecular formula is C30H54O2. The standard InChI is InChI=1S/C30H54O2/c1-2-3-4-5-6-7-8-9-10-11-12-13-14-15-16-17-18-19-20-21-22-23-24-25-26-27-28-29-30(31)32/h6-7,9-10,12-13H,2-5,8,11,14-29H2,1H3,(H,31,32)/b7-6-,10-9-,13-12-. The minimum Gasteiger partial charge on any atom is -0.481 e. The monoisotopic (exact) mass is 446 g/mol.